The molecule has 2 fully saturated rings. The van der Waals surface area contributed by atoms with Crippen molar-refractivity contribution in [2.75, 3.05) is 26.2 Å². The summed E-state index contributed by atoms with van der Waals surface area (Å²) in [6.45, 7) is 1.86. The Morgan fingerprint density at radius 1 is 1.38 bits per heavy atom. The maximum absolute atomic E-state index is 12.9. The molecule has 1 aromatic heterocycles. The molecule has 3 rings (SSSR count). The molecule has 0 spiro atoms. The Balaban J connectivity index is 1.61. The van der Waals surface area contributed by atoms with E-state index in [0.717, 1.165) is 12.8 Å². The second-order valence-corrected chi connectivity index (χ2v) is 6.82. The van der Waals surface area contributed by atoms with Crippen LogP contribution in [0.5, 0.6) is 0 Å². The lowest BCUT2D eigenvalue weighted by molar-refractivity contribution is -0.141. The van der Waals surface area contributed by atoms with Crippen LogP contribution in [0.3, 0.4) is 0 Å². The number of aliphatic carboxylic acids is 1. The summed E-state index contributed by atoms with van der Waals surface area (Å²) in [6, 6.07) is 3.55. The Morgan fingerprint density at radius 3 is 2.88 bits per heavy atom. The van der Waals surface area contributed by atoms with Crippen LogP contribution in [0.1, 0.15) is 31.4 Å². The van der Waals surface area contributed by atoms with Crippen molar-refractivity contribution in [3.63, 3.8) is 0 Å². The molecule has 2 aliphatic heterocycles. The molecule has 2 amide bonds. The van der Waals surface area contributed by atoms with Crippen LogP contribution in [0, 0.1) is 5.92 Å². The summed E-state index contributed by atoms with van der Waals surface area (Å²) in [5, 5.41) is 8.96. The van der Waals surface area contributed by atoms with Gasteiger partial charge in [-0.1, -0.05) is 0 Å². The molecule has 0 saturated carbocycles. The molecule has 2 saturated heterocycles. The first kappa shape index (κ1) is 18.4. The molecule has 0 unspecified atom stereocenters. The zero-order chi connectivity index (χ0) is 18.5. The Hall–Kier alpha value is -2.35. The highest BCUT2D eigenvalue weighted by molar-refractivity contribution is 5.89. The average Bonchev–Trinajstić information content (AvgIpc) is 3.35. The first-order valence-corrected chi connectivity index (χ1v) is 8.95. The third-order valence-corrected chi connectivity index (χ3v) is 4.85. The van der Waals surface area contributed by atoms with E-state index < -0.39 is 11.9 Å². The SMILES string of the molecule is O=C(O)CCN(C[C@@H]1CCCO1)C(=O)[C@H]1CC(=O)N(Cc2ccco2)C1. The topological polar surface area (TPSA) is 100 Å². The summed E-state index contributed by atoms with van der Waals surface area (Å²) < 4.78 is 10.9. The number of furan rings is 1. The molecule has 2 atom stereocenters. The van der Waals surface area contributed by atoms with Crippen LogP contribution in [0.2, 0.25) is 0 Å². The van der Waals surface area contributed by atoms with E-state index >= 15 is 0 Å². The summed E-state index contributed by atoms with van der Waals surface area (Å²) in [5.74, 6) is -0.981. The largest absolute Gasteiger partial charge is 0.481 e. The third kappa shape index (κ3) is 4.63. The number of amides is 2. The van der Waals surface area contributed by atoms with Gasteiger partial charge in [0.1, 0.15) is 5.76 Å². The zero-order valence-electron chi connectivity index (χ0n) is 14.6. The van der Waals surface area contributed by atoms with E-state index in [0.29, 0.717) is 32.0 Å². The molecule has 8 heteroatoms. The van der Waals surface area contributed by atoms with Gasteiger partial charge < -0.3 is 24.1 Å². The second kappa shape index (κ2) is 8.35. The molecular weight excluding hydrogens is 340 g/mol. The Labute approximate surface area is 151 Å². The number of nitrogens with zero attached hydrogens (tertiary/aromatic N) is 2. The van der Waals surface area contributed by atoms with Gasteiger partial charge in [0.05, 0.1) is 31.3 Å². The molecule has 3 heterocycles. The molecular formula is C18H24N2O6. The highest BCUT2D eigenvalue weighted by Crippen LogP contribution is 2.23. The van der Waals surface area contributed by atoms with Gasteiger partial charge in [-0.25, -0.2) is 0 Å². The molecule has 8 nitrogen and oxygen atoms in total. The van der Waals surface area contributed by atoms with Crippen LogP contribution in [-0.2, 0) is 25.7 Å². The van der Waals surface area contributed by atoms with Crippen molar-refractivity contribution in [3.8, 4) is 0 Å². The van der Waals surface area contributed by atoms with Crippen LogP contribution in [0.4, 0.5) is 0 Å². The number of rotatable bonds is 8. The molecule has 0 bridgehead atoms. The normalized spacial score (nSPS) is 22.8. The maximum Gasteiger partial charge on any atom is 0.305 e. The number of hydrogen-bond acceptors (Lipinski definition) is 5. The van der Waals surface area contributed by atoms with Gasteiger partial charge in [-0.2, -0.15) is 0 Å². The molecule has 0 aliphatic carbocycles. The third-order valence-electron chi connectivity index (χ3n) is 4.85. The van der Waals surface area contributed by atoms with E-state index in [1.165, 1.54) is 0 Å². The monoisotopic (exact) mass is 364 g/mol. The minimum atomic E-state index is -0.947. The molecule has 0 aromatic carbocycles. The Bertz CT molecular complexity index is 638. The fourth-order valence-electron chi connectivity index (χ4n) is 3.50. The first-order chi connectivity index (χ1) is 12.5. The van der Waals surface area contributed by atoms with Gasteiger partial charge in [0.25, 0.3) is 0 Å². The lowest BCUT2D eigenvalue weighted by Crippen LogP contribution is -2.42. The minimum absolute atomic E-state index is 0.0518. The van der Waals surface area contributed by atoms with E-state index in [4.69, 9.17) is 14.3 Å². The van der Waals surface area contributed by atoms with Gasteiger partial charge in [-0.05, 0) is 25.0 Å². The smallest absolute Gasteiger partial charge is 0.305 e. The van der Waals surface area contributed by atoms with E-state index in [1.807, 2.05) is 0 Å². The van der Waals surface area contributed by atoms with E-state index in [2.05, 4.69) is 0 Å². The van der Waals surface area contributed by atoms with Crippen molar-refractivity contribution in [2.24, 2.45) is 5.92 Å². The van der Waals surface area contributed by atoms with Crippen LogP contribution in [-0.4, -0.2) is 65.0 Å². The quantitative estimate of drug-likeness (QED) is 0.742. The van der Waals surface area contributed by atoms with Gasteiger partial charge in [0.2, 0.25) is 11.8 Å². The number of carboxylic acid groups (broad SMARTS) is 1. The predicted molar refractivity (Wildman–Crippen MR) is 90.0 cm³/mol. The van der Waals surface area contributed by atoms with Gasteiger partial charge in [0.15, 0.2) is 0 Å². The average molecular weight is 364 g/mol. The van der Waals surface area contributed by atoms with Gasteiger partial charge in [-0.3, -0.25) is 14.4 Å². The van der Waals surface area contributed by atoms with E-state index in [-0.39, 0.29) is 37.3 Å². The Kier molecular flexibility index (Phi) is 5.92. The molecule has 1 N–H and O–H groups in total. The number of ether oxygens (including phenoxy) is 1. The van der Waals surface area contributed by atoms with Crippen molar-refractivity contribution in [2.45, 2.75) is 38.3 Å². The molecule has 2 aliphatic rings. The molecule has 26 heavy (non-hydrogen) atoms. The molecule has 1 aromatic rings. The van der Waals surface area contributed by atoms with Crippen molar-refractivity contribution in [3.05, 3.63) is 24.2 Å². The highest BCUT2D eigenvalue weighted by atomic mass is 16.5. The van der Waals surface area contributed by atoms with E-state index in [9.17, 15) is 14.4 Å². The first-order valence-electron chi connectivity index (χ1n) is 8.95. The summed E-state index contributed by atoms with van der Waals surface area (Å²) in [4.78, 5) is 39.3. The van der Waals surface area contributed by atoms with Crippen molar-refractivity contribution in [1.29, 1.82) is 0 Å². The number of carbonyl (C=O) groups excluding carboxylic acids is 2. The van der Waals surface area contributed by atoms with Gasteiger partial charge in [0, 0.05) is 32.7 Å². The van der Waals surface area contributed by atoms with E-state index in [1.54, 1.807) is 28.2 Å². The van der Waals surface area contributed by atoms with Crippen LogP contribution < -0.4 is 0 Å². The molecule has 0 radical (unpaired) electrons. The number of likely N-dealkylation sites (tertiary alicyclic amines) is 1. The summed E-state index contributed by atoms with van der Waals surface area (Å²) in [5.41, 5.74) is 0. The summed E-state index contributed by atoms with van der Waals surface area (Å²) >= 11 is 0. The summed E-state index contributed by atoms with van der Waals surface area (Å²) in [6.07, 6.45) is 3.34. The van der Waals surface area contributed by atoms with Crippen molar-refractivity contribution < 1.29 is 28.6 Å². The van der Waals surface area contributed by atoms with Gasteiger partial charge >= 0.3 is 5.97 Å². The van der Waals surface area contributed by atoms with Crippen molar-refractivity contribution >= 4 is 17.8 Å². The van der Waals surface area contributed by atoms with Crippen LogP contribution in [0.15, 0.2) is 22.8 Å². The fraction of sp³-hybridized carbons (Fsp3) is 0.611. The Morgan fingerprint density at radius 2 is 2.23 bits per heavy atom. The van der Waals surface area contributed by atoms with Crippen molar-refractivity contribution in [1.82, 2.24) is 9.80 Å². The summed E-state index contributed by atoms with van der Waals surface area (Å²) in [7, 11) is 0. The zero-order valence-corrected chi connectivity index (χ0v) is 14.6. The standard InChI is InChI=1S/C18H24N2O6/c21-16-9-13(10-20(16)12-15-4-2-8-26-15)18(24)19(6-5-17(22)23)11-14-3-1-7-25-14/h2,4,8,13-14H,1,3,5-7,9-12H2,(H,22,23)/t13-,14-/m0/s1. The predicted octanol–water partition coefficient (Wildman–Crippen LogP) is 1.11. The van der Waals surface area contributed by atoms with Gasteiger partial charge in [-0.15, -0.1) is 0 Å². The number of carboxylic acids is 1. The number of hydrogen-bond donors (Lipinski definition) is 1. The van der Waals surface area contributed by atoms with Crippen LogP contribution >= 0.6 is 0 Å². The number of carbonyl (C=O) groups is 3. The highest BCUT2D eigenvalue weighted by Gasteiger charge is 2.37. The molecule has 142 valence electrons. The maximum atomic E-state index is 12.9. The second-order valence-electron chi connectivity index (χ2n) is 6.82. The fourth-order valence-corrected chi connectivity index (χ4v) is 3.50. The lowest BCUT2D eigenvalue weighted by Gasteiger charge is -2.27. The lowest BCUT2D eigenvalue weighted by atomic mass is 10.1. The van der Waals surface area contributed by atoms with Crippen LogP contribution in [0.25, 0.3) is 0 Å². The minimum Gasteiger partial charge on any atom is -0.481 e.